The zero-order valence-corrected chi connectivity index (χ0v) is 16.1. The molecule has 0 radical (unpaired) electrons. The smallest absolute Gasteiger partial charge is 0.317 e. The van der Waals surface area contributed by atoms with E-state index in [1.165, 1.54) is 4.90 Å². The van der Waals surface area contributed by atoms with E-state index >= 15 is 4.39 Å². The van der Waals surface area contributed by atoms with Crippen LogP contribution in [0.4, 0.5) is 9.18 Å². The first-order valence-electron chi connectivity index (χ1n) is 9.72. The maximum Gasteiger partial charge on any atom is 0.317 e. The van der Waals surface area contributed by atoms with Gasteiger partial charge in [0.2, 0.25) is 0 Å². The van der Waals surface area contributed by atoms with Crippen LogP contribution < -0.4 is 5.32 Å². The number of carbonyl (C=O) groups excluding carboxylic acids is 1. The lowest BCUT2D eigenvalue weighted by molar-refractivity contribution is -0.139. The number of likely N-dealkylation sites (N-methyl/N-ethyl adjacent to an activating group) is 1. The molecule has 3 N–H and O–H groups in total. The van der Waals surface area contributed by atoms with Crippen LogP contribution in [0.25, 0.3) is 0 Å². The molecule has 154 valence electrons. The summed E-state index contributed by atoms with van der Waals surface area (Å²) in [6.45, 7) is 1.98. The molecule has 1 saturated heterocycles. The van der Waals surface area contributed by atoms with E-state index in [4.69, 9.17) is 5.11 Å². The van der Waals surface area contributed by atoms with E-state index < -0.39 is 24.2 Å². The van der Waals surface area contributed by atoms with Crippen molar-refractivity contribution in [2.24, 2.45) is 0 Å². The van der Waals surface area contributed by atoms with Gasteiger partial charge in [-0.3, -0.25) is 9.69 Å². The molecule has 1 aliphatic carbocycles. The Hall–Kier alpha value is -2.19. The number of carboxylic acid groups (broad SMARTS) is 1. The quantitative estimate of drug-likeness (QED) is 0.652. The van der Waals surface area contributed by atoms with Crippen LogP contribution in [-0.2, 0) is 4.79 Å². The van der Waals surface area contributed by atoms with E-state index in [1.807, 2.05) is 42.2 Å². The minimum absolute atomic E-state index is 0.00636. The number of hydrogen-bond acceptors (Lipinski definition) is 4. The van der Waals surface area contributed by atoms with Crippen molar-refractivity contribution >= 4 is 12.0 Å². The lowest BCUT2D eigenvalue weighted by atomic mass is 9.85. The predicted molar refractivity (Wildman–Crippen MR) is 102 cm³/mol. The Kier molecular flexibility index (Phi) is 6.20. The number of halogens is 1. The minimum Gasteiger partial charge on any atom is -0.480 e. The SMILES string of the molecule is CCN(CC(=O)O)C1CC(NC(=O)N2CC(c3ccccc3)C(F)(CO)C2)C1. The highest BCUT2D eigenvalue weighted by molar-refractivity contribution is 5.75. The van der Waals surface area contributed by atoms with Crippen LogP contribution in [0.15, 0.2) is 30.3 Å². The van der Waals surface area contributed by atoms with Crippen LogP contribution in [0.1, 0.15) is 31.2 Å². The first-order chi connectivity index (χ1) is 13.4. The second-order valence-corrected chi connectivity index (χ2v) is 7.77. The molecule has 2 atom stereocenters. The summed E-state index contributed by atoms with van der Waals surface area (Å²) in [4.78, 5) is 26.8. The molecule has 28 heavy (non-hydrogen) atoms. The highest BCUT2D eigenvalue weighted by Crippen LogP contribution is 2.39. The molecule has 0 aromatic heterocycles. The number of nitrogens with one attached hydrogen (secondary N) is 1. The van der Waals surface area contributed by atoms with Crippen molar-refractivity contribution in [1.82, 2.24) is 15.1 Å². The summed E-state index contributed by atoms with van der Waals surface area (Å²) in [6.07, 6.45) is 1.37. The van der Waals surface area contributed by atoms with Crippen LogP contribution >= 0.6 is 0 Å². The number of aliphatic hydroxyl groups is 1. The molecule has 1 aromatic rings. The lowest BCUT2D eigenvalue weighted by Gasteiger charge is -2.42. The summed E-state index contributed by atoms with van der Waals surface area (Å²) < 4.78 is 15.2. The molecule has 7 nitrogen and oxygen atoms in total. The number of likely N-dealkylation sites (tertiary alicyclic amines) is 1. The Labute approximate surface area is 164 Å². The van der Waals surface area contributed by atoms with Crippen LogP contribution in [0.2, 0.25) is 0 Å². The topological polar surface area (TPSA) is 93.1 Å². The summed E-state index contributed by atoms with van der Waals surface area (Å²) >= 11 is 0. The number of carbonyl (C=O) groups is 2. The van der Waals surface area contributed by atoms with Gasteiger partial charge in [-0.1, -0.05) is 37.3 Å². The van der Waals surface area contributed by atoms with Gasteiger partial charge in [0.05, 0.1) is 19.7 Å². The first kappa shape index (κ1) is 20.5. The van der Waals surface area contributed by atoms with Gasteiger partial charge in [-0.2, -0.15) is 0 Å². The van der Waals surface area contributed by atoms with Gasteiger partial charge >= 0.3 is 12.0 Å². The molecule has 2 unspecified atom stereocenters. The summed E-state index contributed by atoms with van der Waals surface area (Å²) in [5.41, 5.74) is -1.09. The van der Waals surface area contributed by atoms with E-state index in [2.05, 4.69) is 5.32 Å². The predicted octanol–water partition coefficient (Wildman–Crippen LogP) is 1.43. The van der Waals surface area contributed by atoms with Crippen LogP contribution in [-0.4, -0.2) is 82.6 Å². The molecular weight excluding hydrogens is 365 g/mol. The largest absolute Gasteiger partial charge is 0.480 e. The number of carboxylic acids is 1. The molecule has 0 bridgehead atoms. The van der Waals surface area contributed by atoms with Crippen molar-refractivity contribution in [3.63, 3.8) is 0 Å². The van der Waals surface area contributed by atoms with Crippen molar-refractivity contribution in [1.29, 1.82) is 0 Å². The van der Waals surface area contributed by atoms with E-state index in [0.29, 0.717) is 19.4 Å². The van der Waals surface area contributed by atoms with Gasteiger partial charge in [0.1, 0.15) is 0 Å². The number of urea groups is 1. The molecule has 2 amide bonds. The van der Waals surface area contributed by atoms with Crippen molar-refractivity contribution in [3.05, 3.63) is 35.9 Å². The number of benzene rings is 1. The van der Waals surface area contributed by atoms with Crippen LogP contribution in [0.5, 0.6) is 0 Å². The number of rotatable bonds is 7. The average Bonchev–Trinajstić information content (AvgIpc) is 3.01. The molecule has 1 aliphatic heterocycles. The Bertz CT molecular complexity index is 698. The van der Waals surface area contributed by atoms with Gasteiger partial charge in [-0.15, -0.1) is 0 Å². The van der Waals surface area contributed by atoms with E-state index in [0.717, 1.165) is 5.56 Å². The molecule has 2 fully saturated rings. The van der Waals surface area contributed by atoms with Gasteiger partial charge in [-0.25, -0.2) is 9.18 Å². The Balaban J connectivity index is 1.55. The minimum atomic E-state index is -1.86. The number of hydrogen-bond donors (Lipinski definition) is 3. The van der Waals surface area contributed by atoms with Gasteiger partial charge in [-0.05, 0) is 24.9 Å². The molecule has 8 heteroatoms. The molecule has 1 heterocycles. The first-order valence-corrected chi connectivity index (χ1v) is 9.72. The normalized spacial score (nSPS) is 29.6. The summed E-state index contributed by atoms with van der Waals surface area (Å²) in [5.74, 6) is -1.42. The number of aliphatic carboxylic acids is 1. The summed E-state index contributed by atoms with van der Waals surface area (Å²) in [7, 11) is 0. The molecule has 1 saturated carbocycles. The van der Waals surface area contributed by atoms with E-state index in [9.17, 15) is 14.7 Å². The van der Waals surface area contributed by atoms with Crippen molar-refractivity contribution in [3.8, 4) is 0 Å². The second-order valence-electron chi connectivity index (χ2n) is 7.77. The number of aliphatic hydroxyl groups excluding tert-OH is 1. The number of amides is 2. The van der Waals surface area contributed by atoms with Gasteiger partial charge in [0.25, 0.3) is 0 Å². The van der Waals surface area contributed by atoms with Crippen LogP contribution in [0, 0.1) is 0 Å². The maximum atomic E-state index is 15.2. The molecular formula is C20H28FN3O4. The maximum absolute atomic E-state index is 15.2. The fraction of sp³-hybridized carbons (Fsp3) is 0.600. The van der Waals surface area contributed by atoms with Gasteiger partial charge < -0.3 is 20.4 Å². The molecule has 1 aromatic carbocycles. The van der Waals surface area contributed by atoms with Gasteiger partial charge in [0.15, 0.2) is 5.67 Å². The van der Waals surface area contributed by atoms with Crippen LogP contribution in [0.3, 0.4) is 0 Å². The highest BCUT2D eigenvalue weighted by Gasteiger charge is 2.49. The van der Waals surface area contributed by atoms with E-state index in [-0.39, 0.29) is 37.7 Å². The monoisotopic (exact) mass is 393 g/mol. The molecule has 2 aliphatic rings. The average molecular weight is 393 g/mol. The third-order valence-electron chi connectivity index (χ3n) is 5.93. The van der Waals surface area contributed by atoms with Gasteiger partial charge in [0, 0.05) is 24.5 Å². The Morgan fingerprint density at radius 1 is 1.32 bits per heavy atom. The summed E-state index contributed by atoms with van der Waals surface area (Å²) in [5, 5.41) is 21.5. The van der Waals surface area contributed by atoms with E-state index in [1.54, 1.807) is 0 Å². The molecule has 0 spiro atoms. The lowest BCUT2D eigenvalue weighted by Crippen LogP contribution is -2.56. The summed E-state index contributed by atoms with van der Waals surface area (Å²) in [6, 6.07) is 8.88. The number of nitrogens with zero attached hydrogens (tertiary/aromatic N) is 2. The molecule has 3 rings (SSSR count). The van der Waals surface area contributed by atoms with Crippen molar-refractivity contribution < 1.29 is 24.2 Å². The zero-order valence-electron chi connectivity index (χ0n) is 16.1. The fourth-order valence-electron chi connectivity index (χ4n) is 4.22. The standard InChI is InChI=1S/C20H28FN3O4/c1-2-23(11-18(26)27)16-8-15(9-16)22-19(28)24-10-17(20(21,12-24)13-25)14-6-4-3-5-7-14/h3-7,15-17,25H,2,8-13H2,1H3,(H,22,28)(H,26,27). The highest BCUT2D eigenvalue weighted by atomic mass is 19.1. The second kappa shape index (κ2) is 8.45. The Morgan fingerprint density at radius 2 is 2.00 bits per heavy atom. The van der Waals surface area contributed by atoms with Crippen molar-refractivity contribution in [2.45, 2.75) is 43.4 Å². The Morgan fingerprint density at radius 3 is 2.57 bits per heavy atom. The third kappa shape index (κ3) is 4.28. The number of alkyl halides is 1. The third-order valence-corrected chi connectivity index (χ3v) is 5.93. The fourth-order valence-corrected chi connectivity index (χ4v) is 4.22. The van der Waals surface area contributed by atoms with Crippen molar-refractivity contribution in [2.75, 3.05) is 32.8 Å². The zero-order chi connectivity index (χ0) is 20.3.